The van der Waals surface area contributed by atoms with Crippen LogP contribution in [0.2, 0.25) is 0 Å². The monoisotopic (exact) mass is 299 g/mol. The van der Waals surface area contributed by atoms with Gasteiger partial charge in [-0.3, -0.25) is 0 Å². The first-order valence-corrected chi connectivity index (χ1v) is 8.72. The highest BCUT2D eigenvalue weighted by molar-refractivity contribution is 7.92. The fourth-order valence-electron chi connectivity index (χ4n) is 1.67. The molecule has 114 valence electrons. The zero-order valence-corrected chi connectivity index (χ0v) is 13.8. The first-order valence-electron chi connectivity index (χ1n) is 6.83. The molecule has 0 bridgehead atoms. The van der Waals surface area contributed by atoms with Crippen molar-refractivity contribution in [3.63, 3.8) is 0 Å². The molecule has 0 saturated carbocycles. The van der Waals surface area contributed by atoms with Crippen molar-refractivity contribution in [2.45, 2.75) is 38.5 Å². The van der Waals surface area contributed by atoms with Gasteiger partial charge in [-0.05, 0) is 45.4 Å². The third-order valence-electron chi connectivity index (χ3n) is 3.53. The Morgan fingerprint density at radius 1 is 1.25 bits per heavy atom. The number of sulfone groups is 1. The Bertz CT molecular complexity index is 521. The smallest absolute Gasteiger partial charge is 0.153 e. The highest BCUT2D eigenvalue weighted by atomic mass is 32.2. The Morgan fingerprint density at radius 3 is 2.25 bits per heavy atom. The summed E-state index contributed by atoms with van der Waals surface area (Å²) in [4.78, 5) is 0. The predicted octanol–water partition coefficient (Wildman–Crippen LogP) is 2.56. The molecule has 0 radical (unpaired) electrons. The van der Waals surface area contributed by atoms with Gasteiger partial charge in [0.1, 0.15) is 5.75 Å². The average molecular weight is 299 g/mol. The van der Waals surface area contributed by atoms with Gasteiger partial charge in [-0.1, -0.05) is 12.1 Å². The summed E-state index contributed by atoms with van der Waals surface area (Å²) in [5.41, 5.74) is 1.11. The molecule has 0 aliphatic rings. The van der Waals surface area contributed by atoms with Gasteiger partial charge >= 0.3 is 0 Å². The third kappa shape index (κ3) is 4.49. The van der Waals surface area contributed by atoms with Gasteiger partial charge in [0.25, 0.3) is 0 Å². The quantitative estimate of drug-likeness (QED) is 0.840. The van der Waals surface area contributed by atoms with Crippen LogP contribution in [0.4, 0.5) is 0 Å². The lowest BCUT2D eigenvalue weighted by Gasteiger charge is -2.25. The molecule has 0 aromatic heterocycles. The first kappa shape index (κ1) is 17.0. The SMILES string of the molecule is CCOc1ccc(C(C)NCC(C)(C)S(C)(=O)=O)cc1. The Labute approximate surface area is 122 Å². The number of benzene rings is 1. The second kappa shape index (κ2) is 6.59. The van der Waals surface area contributed by atoms with Crippen LogP contribution in [0.15, 0.2) is 24.3 Å². The molecule has 0 saturated heterocycles. The van der Waals surface area contributed by atoms with Crippen molar-refractivity contribution in [1.29, 1.82) is 0 Å². The zero-order valence-electron chi connectivity index (χ0n) is 12.9. The van der Waals surface area contributed by atoms with Crippen LogP contribution in [0, 0.1) is 0 Å². The molecule has 0 amide bonds. The van der Waals surface area contributed by atoms with Crippen molar-refractivity contribution >= 4 is 9.84 Å². The standard InChI is InChI=1S/C15H25NO3S/c1-6-19-14-9-7-13(8-10-14)12(2)16-11-15(3,4)20(5,17)18/h7-10,12,16H,6,11H2,1-5H3. The van der Waals surface area contributed by atoms with Crippen LogP contribution in [0.3, 0.4) is 0 Å². The Kier molecular flexibility index (Phi) is 5.59. The molecule has 0 heterocycles. The fourth-order valence-corrected chi connectivity index (χ4v) is 2.01. The molecule has 1 rings (SSSR count). The van der Waals surface area contributed by atoms with Gasteiger partial charge in [-0.2, -0.15) is 0 Å². The Hall–Kier alpha value is -1.07. The number of ether oxygens (including phenoxy) is 1. The summed E-state index contributed by atoms with van der Waals surface area (Å²) in [5, 5.41) is 3.28. The maximum atomic E-state index is 11.7. The summed E-state index contributed by atoms with van der Waals surface area (Å²) in [6.07, 6.45) is 1.27. The van der Waals surface area contributed by atoms with Gasteiger partial charge in [-0.25, -0.2) is 8.42 Å². The van der Waals surface area contributed by atoms with Gasteiger partial charge in [0.2, 0.25) is 0 Å². The molecule has 0 aliphatic heterocycles. The Morgan fingerprint density at radius 2 is 1.80 bits per heavy atom. The number of hydrogen-bond acceptors (Lipinski definition) is 4. The highest BCUT2D eigenvalue weighted by Gasteiger charge is 2.30. The fraction of sp³-hybridized carbons (Fsp3) is 0.600. The van der Waals surface area contributed by atoms with Crippen molar-refractivity contribution in [1.82, 2.24) is 5.32 Å². The van der Waals surface area contributed by atoms with E-state index in [0.29, 0.717) is 13.2 Å². The number of hydrogen-bond donors (Lipinski definition) is 1. The predicted molar refractivity (Wildman–Crippen MR) is 83.0 cm³/mol. The molecule has 1 aromatic rings. The van der Waals surface area contributed by atoms with Crippen LogP contribution in [0.1, 0.15) is 39.3 Å². The number of rotatable bonds is 7. The molecule has 0 aliphatic carbocycles. The second-order valence-corrected chi connectivity index (χ2v) is 8.29. The largest absolute Gasteiger partial charge is 0.494 e. The van der Waals surface area contributed by atoms with Gasteiger partial charge < -0.3 is 10.1 Å². The minimum absolute atomic E-state index is 0.0895. The first-order chi connectivity index (χ1) is 9.17. The average Bonchev–Trinajstić information content (AvgIpc) is 2.36. The molecule has 4 nitrogen and oxygen atoms in total. The minimum Gasteiger partial charge on any atom is -0.494 e. The molecule has 0 spiro atoms. The van der Waals surface area contributed by atoms with E-state index in [2.05, 4.69) is 5.32 Å². The summed E-state index contributed by atoms with van der Waals surface area (Å²) in [7, 11) is -3.08. The van der Waals surface area contributed by atoms with E-state index >= 15 is 0 Å². The minimum atomic E-state index is -3.08. The van der Waals surface area contributed by atoms with Gasteiger partial charge in [0.05, 0.1) is 11.4 Å². The van der Waals surface area contributed by atoms with E-state index in [0.717, 1.165) is 11.3 Å². The maximum Gasteiger partial charge on any atom is 0.153 e. The van der Waals surface area contributed by atoms with E-state index in [-0.39, 0.29) is 6.04 Å². The van der Waals surface area contributed by atoms with Crippen molar-refractivity contribution in [3.05, 3.63) is 29.8 Å². The third-order valence-corrected chi connectivity index (χ3v) is 5.68. The molecule has 1 unspecified atom stereocenters. The lowest BCUT2D eigenvalue weighted by molar-refractivity contribution is 0.340. The van der Waals surface area contributed by atoms with Crippen LogP contribution in [-0.4, -0.2) is 32.6 Å². The van der Waals surface area contributed by atoms with Crippen molar-refractivity contribution in [3.8, 4) is 5.75 Å². The molecule has 1 atom stereocenters. The lowest BCUT2D eigenvalue weighted by atomic mass is 10.1. The lowest BCUT2D eigenvalue weighted by Crippen LogP contribution is -2.42. The molecule has 1 aromatic carbocycles. The summed E-state index contributed by atoms with van der Waals surface area (Å²) in [6, 6.07) is 7.94. The van der Waals surface area contributed by atoms with Crippen LogP contribution in [0.5, 0.6) is 5.75 Å². The van der Waals surface area contributed by atoms with Crippen LogP contribution in [0.25, 0.3) is 0 Å². The van der Waals surface area contributed by atoms with E-state index in [4.69, 9.17) is 4.74 Å². The van der Waals surface area contributed by atoms with E-state index in [1.807, 2.05) is 38.1 Å². The van der Waals surface area contributed by atoms with Crippen LogP contribution < -0.4 is 10.1 Å². The summed E-state index contributed by atoms with van der Waals surface area (Å²) in [6.45, 7) is 8.51. The van der Waals surface area contributed by atoms with Crippen molar-refractivity contribution in [2.24, 2.45) is 0 Å². The van der Waals surface area contributed by atoms with Crippen LogP contribution in [-0.2, 0) is 9.84 Å². The number of nitrogens with one attached hydrogen (secondary N) is 1. The van der Waals surface area contributed by atoms with Gasteiger partial charge in [0.15, 0.2) is 9.84 Å². The Balaban J connectivity index is 2.65. The van der Waals surface area contributed by atoms with Crippen LogP contribution >= 0.6 is 0 Å². The van der Waals surface area contributed by atoms with Gasteiger partial charge in [-0.15, -0.1) is 0 Å². The van der Waals surface area contributed by atoms with Gasteiger partial charge in [0, 0.05) is 18.8 Å². The molecular formula is C15H25NO3S. The zero-order chi connectivity index (χ0) is 15.4. The normalized spacial score (nSPS) is 14.1. The van der Waals surface area contributed by atoms with E-state index < -0.39 is 14.6 Å². The van der Waals surface area contributed by atoms with E-state index in [1.54, 1.807) is 13.8 Å². The molecule has 0 fully saturated rings. The highest BCUT2D eigenvalue weighted by Crippen LogP contribution is 2.20. The topological polar surface area (TPSA) is 55.4 Å². The summed E-state index contributed by atoms with van der Waals surface area (Å²) in [5.74, 6) is 0.847. The molecule has 5 heteroatoms. The van der Waals surface area contributed by atoms with Crippen molar-refractivity contribution < 1.29 is 13.2 Å². The molecular weight excluding hydrogens is 274 g/mol. The summed E-state index contributed by atoms with van der Waals surface area (Å²) >= 11 is 0. The van der Waals surface area contributed by atoms with E-state index in [9.17, 15) is 8.42 Å². The second-order valence-electron chi connectivity index (χ2n) is 5.64. The maximum absolute atomic E-state index is 11.7. The van der Waals surface area contributed by atoms with E-state index in [1.165, 1.54) is 6.26 Å². The molecule has 20 heavy (non-hydrogen) atoms. The molecule has 1 N–H and O–H groups in total. The van der Waals surface area contributed by atoms with Crippen molar-refractivity contribution in [2.75, 3.05) is 19.4 Å². The summed E-state index contributed by atoms with van der Waals surface area (Å²) < 4.78 is 28.0.